The Bertz CT molecular complexity index is 1090. The number of nitrogens with zero attached hydrogens (tertiary/aromatic N) is 2. The Hall–Kier alpha value is -2.89. The van der Waals surface area contributed by atoms with E-state index in [1.165, 1.54) is 12.0 Å². The number of nitrogens with one attached hydrogen (secondary N) is 4. The molecule has 8 N–H and O–H groups in total. The van der Waals surface area contributed by atoms with Gasteiger partial charge in [0.2, 0.25) is 12.3 Å². The molecule has 0 saturated carbocycles. The van der Waals surface area contributed by atoms with E-state index in [2.05, 4.69) is 45.4 Å². The third kappa shape index (κ3) is 32.7. The third-order valence-electron chi connectivity index (χ3n) is 6.17. The predicted molar refractivity (Wildman–Crippen MR) is 197 cm³/mol. The number of amides is 6. The average Bonchev–Trinajstić information content (AvgIpc) is 3.06. The summed E-state index contributed by atoms with van der Waals surface area (Å²) in [6.07, 6.45) is 0.930. The third-order valence-corrected chi connectivity index (χ3v) is 6.17. The van der Waals surface area contributed by atoms with Gasteiger partial charge in [0.1, 0.15) is 12.2 Å². The van der Waals surface area contributed by atoms with Crippen molar-refractivity contribution in [3.63, 3.8) is 0 Å². The summed E-state index contributed by atoms with van der Waals surface area (Å²) in [4.78, 5) is 61.1. The summed E-state index contributed by atoms with van der Waals surface area (Å²) >= 11 is 0. The second-order valence-electron chi connectivity index (χ2n) is 12.3. The molecule has 1 aromatic carbocycles. The molecule has 0 aliphatic heterocycles. The van der Waals surface area contributed by atoms with E-state index in [9.17, 15) is 24.0 Å². The summed E-state index contributed by atoms with van der Waals surface area (Å²) < 4.78 is 10.8. The van der Waals surface area contributed by atoms with Gasteiger partial charge in [-0.05, 0) is 64.7 Å². The number of nitrogens with two attached hydrogens (primary N) is 2. The van der Waals surface area contributed by atoms with Crippen molar-refractivity contribution in [2.24, 2.45) is 17.4 Å². The smallest absolute Gasteiger partial charge is 0.409 e. The minimum Gasteiger partial charge on any atom is -0.533 e. The van der Waals surface area contributed by atoms with Crippen LogP contribution in [0, 0.1) is 5.92 Å². The number of ether oxygens (including phenoxy) is 2. The number of anilines is 1. The summed E-state index contributed by atoms with van der Waals surface area (Å²) in [6, 6.07) is 6.52. The Morgan fingerprint density at radius 2 is 1.61 bits per heavy atom. The van der Waals surface area contributed by atoms with Crippen LogP contribution in [0.15, 0.2) is 24.3 Å². The van der Waals surface area contributed by atoms with Crippen molar-refractivity contribution in [1.82, 2.24) is 20.9 Å². The van der Waals surface area contributed by atoms with Crippen LogP contribution < -0.4 is 32.7 Å². The van der Waals surface area contributed by atoms with Crippen molar-refractivity contribution in [2.75, 3.05) is 52.3 Å². The summed E-state index contributed by atoms with van der Waals surface area (Å²) in [5, 5.41) is 10.3. The van der Waals surface area contributed by atoms with E-state index in [0.29, 0.717) is 44.3 Å². The number of rotatable bonds is 18. The molecular formula is C34H65N8O8Y-. The van der Waals surface area contributed by atoms with Gasteiger partial charge in [-0.2, -0.15) is 0 Å². The van der Waals surface area contributed by atoms with E-state index >= 15 is 0 Å². The monoisotopic (exact) mass is 802 g/mol. The molecule has 6 amide bonds. The van der Waals surface area contributed by atoms with E-state index in [4.69, 9.17) is 20.9 Å². The van der Waals surface area contributed by atoms with E-state index in [1.807, 2.05) is 41.5 Å². The first-order chi connectivity index (χ1) is 23.3. The topological polar surface area (TPSA) is 231 Å². The average molecular weight is 803 g/mol. The van der Waals surface area contributed by atoms with Gasteiger partial charge >= 0.3 is 12.1 Å². The Balaban J connectivity index is -0.000000356. The quantitative estimate of drug-likeness (QED) is 0.0722. The number of hydroxylamine groups is 1. The molecule has 293 valence electrons. The van der Waals surface area contributed by atoms with Gasteiger partial charge in [-0.3, -0.25) is 14.4 Å². The zero-order valence-corrected chi connectivity index (χ0v) is 35.7. The fourth-order valence-electron chi connectivity index (χ4n) is 2.88. The van der Waals surface area contributed by atoms with Crippen molar-refractivity contribution in [3.05, 3.63) is 35.3 Å². The molecule has 0 aromatic heterocycles. The number of hydrogen-bond acceptors (Lipinski definition) is 9. The van der Waals surface area contributed by atoms with Crippen LogP contribution in [0.5, 0.6) is 0 Å². The summed E-state index contributed by atoms with van der Waals surface area (Å²) in [7, 11) is 3.06. The molecule has 0 aliphatic carbocycles. The van der Waals surface area contributed by atoms with Gasteiger partial charge in [-0.15, -0.1) is 6.54 Å². The Labute approximate surface area is 330 Å². The van der Waals surface area contributed by atoms with E-state index < -0.39 is 23.3 Å². The van der Waals surface area contributed by atoms with Crippen molar-refractivity contribution >= 4 is 36.0 Å². The van der Waals surface area contributed by atoms with Crippen LogP contribution >= 0.6 is 0 Å². The summed E-state index contributed by atoms with van der Waals surface area (Å²) in [5.74, 6) is -0.0203. The van der Waals surface area contributed by atoms with Crippen LogP contribution in [-0.4, -0.2) is 99.4 Å². The second kappa shape index (κ2) is 31.8. The molecule has 0 saturated heterocycles. The molecule has 17 heteroatoms. The Morgan fingerprint density at radius 1 is 1.04 bits per heavy atom. The van der Waals surface area contributed by atoms with Gasteiger partial charge in [0.15, 0.2) is 0 Å². The van der Waals surface area contributed by atoms with Gasteiger partial charge in [-0.1, -0.05) is 46.8 Å². The van der Waals surface area contributed by atoms with Crippen LogP contribution in [0.4, 0.5) is 15.3 Å². The second-order valence-corrected chi connectivity index (χ2v) is 12.3. The maximum absolute atomic E-state index is 12.0. The molecule has 1 unspecified atom stereocenters. The first-order valence-corrected chi connectivity index (χ1v) is 16.7. The molecule has 1 rings (SSSR count). The van der Waals surface area contributed by atoms with Crippen LogP contribution in [0.1, 0.15) is 81.2 Å². The number of likely N-dealkylation sites (N-methyl/N-ethyl adjacent to an activating group) is 1. The van der Waals surface area contributed by atoms with Crippen molar-refractivity contribution in [1.29, 1.82) is 0 Å². The molecule has 51 heavy (non-hydrogen) atoms. The SMILES string of the molecule is CC.CC(C)C(C)NC(=O)C(C)(C)OCC(C)(C)N.CCCNC(N)=O.CO[N-]CCN(C)C(=O)OCc1ccc(NC(=O)CNC=O)cc1.[Y]. The van der Waals surface area contributed by atoms with Crippen molar-refractivity contribution in [3.8, 4) is 0 Å². The molecular weight excluding hydrogens is 737 g/mol. The Kier molecular flexibility index (Phi) is 34.2. The first-order valence-electron chi connectivity index (χ1n) is 16.7. The number of carbonyl (C=O) groups is 5. The fraction of sp³-hybridized carbons (Fsp3) is 0.676. The van der Waals surface area contributed by atoms with Gasteiger partial charge < -0.3 is 57.4 Å². The predicted octanol–water partition coefficient (Wildman–Crippen LogP) is 3.64. The number of benzene rings is 1. The van der Waals surface area contributed by atoms with Gasteiger partial charge in [-0.25, -0.2) is 9.59 Å². The molecule has 0 spiro atoms. The maximum Gasteiger partial charge on any atom is 0.409 e. The van der Waals surface area contributed by atoms with Crippen LogP contribution in [0.25, 0.3) is 5.48 Å². The van der Waals surface area contributed by atoms with E-state index in [-0.39, 0.29) is 63.7 Å². The molecule has 0 heterocycles. The molecule has 1 atom stereocenters. The number of carbonyl (C=O) groups excluding carboxylic acids is 5. The normalized spacial score (nSPS) is 10.9. The van der Waals surface area contributed by atoms with Gasteiger partial charge in [0, 0.05) is 77.2 Å². The van der Waals surface area contributed by atoms with Crippen molar-refractivity contribution in [2.45, 2.75) is 99.4 Å². The van der Waals surface area contributed by atoms with Crippen LogP contribution in [-0.2, 0) is 68.0 Å². The zero-order valence-electron chi connectivity index (χ0n) is 32.9. The minimum absolute atomic E-state index is 0. The molecule has 1 radical (unpaired) electrons. The molecule has 0 bridgehead atoms. The number of hydrogen-bond donors (Lipinski definition) is 6. The molecule has 0 fully saturated rings. The van der Waals surface area contributed by atoms with E-state index in [0.717, 1.165) is 12.0 Å². The van der Waals surface area contributed by atoms with E-state index in [1.54, 1.807) is 45.2 Å². The zero-order chi connectivity index (χ0) is 39.3. The van der Waals surface area contributed by atoms with Crippen molar-refractivity contribution < 1.29 is 71.0 Å². The number of primary amides is 1. The first kappa shape index (κ1) is 54.9. The molecule has 1 aromatic rings. The van der Waals surface area contributed by atoms with Gasteiger partial charge in [0.05, 0.1) is 13.2 Å². The summed E-state index contributed by atoms with van der Waals surface area (Å²) in [6.45, 7) is 21.2. The molecule has 16 nitrogen and oxygen atoms in total. The summed E-state index contributed by atoms with van der Waals surface area (Å²) in [5.41, 5.74) is 14.3. The number of urea groups is 1. The maximum atomic E-state index is 12.0. The van der Waals surface area contributed by atoms with Crippen LogP contribution in [0.2, 0.25) is 0 Å². The largest absolute Gasteiger partial charge is 0.533 e. The standard InChI is InChI=1S/C15H21N4O5.C13H28N2O2.C4H10N2O.C2H6.Y/c1-19(8-7-17-23-2)15(22)24-10-12-3-5-13(6-4-12)18-14(21)9-16-11-20;1-9(2)10(3)15-11(16)13(6,7)17-8-12(4,5)14;1-2-3-6-4(5)7;1-2;/h3-6,11H,7-10H2,1-2H3,(H,16,20)(H,18,21);9-10H,8,14H2,1-7H3,(H,15,16);2-3H2,1H3,(H3,5,6,7);1-2H3;/q-1;;;;. The van der Waals surface area contributed by atoms with Gasteiger partial charge in [0.25, 0.3) is 5.91 Å². The minimum atomic E-state index is -0.847. The fourth-order valence-corrected chi connectivity index (χ4v) is 2.88. The van der Waals surface area contributed by atoms with Crippen LogP contribution in [0.3, 0.4) is 0 Å². The molecule has 0 aliphatic rings. The Morgan fingerprint density at radius 3 is 2.04 bits per heavy atom.